The molecule has 0 unspecified atom stereocenters. The first kappa shape index (κ1) is 14.9. The highest BCUT2D eigenvalue weighted by molar-refractivity contribution is 7.91. The third kappa shape index (κ3) is 3.69. The van der Waals surface area contributed by atoms with E-state index in [1.807, 2.05) is 0 Å². The summed E-state index contributed by atoms with van der Waals surface area (Å²) in [5.41, 5.74) is 0.416. The van der Waals surface area contributed by atoms with Gasteiger partial charge in [0.1, 0.15) is 0 Å². The molecule has 0 saturated heterocycles. The molecule has 0 aliphatic carbocycles. The third-order valence-corrected chi connectivity index (χ3v) is 4.47. The van der Waals surface area contributed by atoms with Gasteiger partial charge in [0.15, 0.2) is 9.84 Å². The van der Waals surface area contributed by atoms with Crippen LogP contribution in [0.5, 0.6) is 0 Å². The number of benzene rings is 1. The maximum absolute atomic E-state index is 12.0. The summed E-state index contributed by atoms with van der Waals surface area (Å²) in [4.78, 5) is 0.207. The molecule has 0 saturated carbocycles. The Morgan fingerprint density at radius 2 is 1.83 bits per heavy atom. The average molecular weight is 273 g/mol. The number of nitrogens with one attached hydrogen (secondary N) is 1. The molecule has 0 spiro atoms. The number of rotatable bonds is 7. The summed E-state index contributed by atoms with van der Waals surface area (Å²) in [5, 5.41) is 20.9. The molecule has 0 atom stereocenters. The quantitative estimate of drug-likeness (QED) is 0.678. The molecule has 3 N–H and O–H groups in total. The molecule has 1 aromatic rings. The van der Waals surface area contributed by atoms with Gasteiger partial charge in [-0.25, -0.2) is 8.42 Å². The van der Waals surface area contributed by atoms with E-state index in [-0.39, 0.29) is 23.9 Å². The van der Waals surface area contributed by atoms with Gasteiger partial charge in [-0.2, -0.15) is 0 Å². The van der Waals surface area contributed by atoms with E-state index >= 15 is 0 Å². The summed E-state index contributed by atoms with van der Waals surface area (Å²) in [7, 11) is -3.33. The van der Waals surface area contributed by atoms with E-state index in [1.165, 1.54) is 6.07 Å². The first-order valence-corrected chi connectivity index (χ1v) is 7.50. The van der Waals surface area contributed by atoms with Gasteiger partial charge in [-0.3, -0.25) is 0 Å². The van der Waals surface area contributed by atoms with Crippen LogP contribution < -0.4 is 5.32 Å². The van der Waals surface area contributed by atoms with Gasteiger partial charge in [0, 0.05) is 0 Å². The Morgan fingerprint density at radius 3 is 2.39 bits per heavy atom. The predicted molar refractivity (Wildman–Crippen MR) is 70.4 cm³/mol. The standard InChI is InChI=1S/C12H19NO4S/c1-2-7-18(16,17)12-6-4-3-5-11(12)13-10(8-14)9-15/h3-6,10,13-15H,2,7-9H2,1H3. The highest BCUT2D eigenvalue weighted by Crippen LogP contribution is 2.23. The minimum absolute atomic E-state index is 0.0780. The van der Waals surface area contributed by atoms with Crippen LogP contribution in [0.4, 0.5) is 5.69 Å². The number of aliphatic hydroxyl groups is 2. The smallest absolute Gasteiger partial charge is 0.180 e. The number of anilines is 1. The van der Waals surface area contributed by atoms with Crippen molar-refractivity contribution >= 4 is 15.5 Å². The van der Waals surface area contributed by atoms with E-state index in [4.69, 9.17) is 10.2 Å². The van der Waals surface area contributed by atoms with Crippen LogP contribution >= 0.6 is 0 Å². The van der Waals surface area contributed by atoms with Crippen molar-refractivity contribution in [3.05, 3.63) is 24.3 Å². The maximum atomic E-state index is 12.0. The fraction of sp³-hybridized carbons (Fsp3) is 0.500. The van der Waals surface area contributed by atoms with E-state index in [9.17, 15) is 8.42 Å². The minimum Gasteiger partial charge on any atom is -0.394 e. The summed E-state index contributed by atoms with van der Waals surface area (Å²) < 4.78 is 24.1. The Hall–Kier alpha value is -1.11. The molecule has 0 fully saturated rings. The van der Waals surface area contributed by atoms with Gasteiger partial charge in [-0.05, 0) is 18.6 Å². The van der Waals surface area contributed by atoms with E-state index < -0.39 is 15.9 Å². The lowest BCUT2D eigenvalue weighted by atomic mass is 10.2. The topological polar surface area (TPSA) is 86.6 Å². The SMILES string of the molecule is CCCS(=O)(=O)c1ccccc1NC(CO)CO. The Labute approximate surface area is 107 Å². The predicted octanol–water partition coefficient (Wildman–Crippen LogP) is 0.635. The molecule has 1 rings (SSSR count). The van der Waals surface area contributed by atoms with Crippen LogP contribution in [0, 0.1) is 0 Å². The third-order valence-electron chi connectivity index (χ3n) is 2.50. The molecule has 0 aromatic heterocycles. The van der Waals surface area contributed by atoms with E-state index in [2.05, 4.69) is 5.32 Å². The van der Waals surface area contributed by atoms with Crippen molar-refractivity contribution in [2.75, 3.05) is 24.3 Å². The average Bonchev–Trinajstić information content (AvgIpc) is 2.36. The first-order valence-electron chi connectivity index (χ1n) is 5.85. The van der Waals surface area contributed by atoms with Gasteiger partial charge in [0.05, 0.1) is 35.6 Å². The number of hydrogen-bond donors (Lipinski definition) is 3. The van der Waals surface area contributed by atoms with Crippen LogP contribution in [0.15, 0.2) is 29.2 Å². The second-order valence-electron chi connectivity index (χ2n) is 4.02. The molecule has 0 heterocycles. The second-order valence-corrected chi connectivity index (χ2v) is 6.10. The Balaban J connectivity index is 3.07. The minimum atomic E-state index is -3.33. The zero-order valence-electron chi connectivity index (χ0n) is 10.3. The van der Waals surface area contributed by atoms with E-state index in [0.29, 0.717) is 12.1 Å². The Kier molecular flexibility index (Phi) is 5.58. The van der Waals surface area contributed by atoms with Gasteiger partial charge in [0.25, 0.3) is 0 Å². The Bertz CT molecular complexity index is 469. The molecular weight excluding hydrogens is 254 g/mol. The van der Waals surface area contributed by atoms with Crippen LogP contribution in [0.1, 0.15) is 13.3 Å². The van der Waals surface area contributed by atoms with Gasteiger partial charge in [0.2, 0.25) is 0 Å². The van der Waals surface area contributed by atoms with E-state index in [0.717, 1.165) is 0 Å². The lowest BCUT2D eigenvalue weighted by Gasteiger charge is -2.17. The van der Waals surface area contributed by atoms with Gasteiger partial charge < -0.3 is 15.5 Å². The van der Waals surface area contributed by atoms with Crippen LogP contribution in [-0.2, 0) is 9.84 Å². The van der Waals surface area contributed by atoms with Crippen molar-refractivity contribution in [1.82, 2.24) is 0 Å². The van der Waals surface area contributed by atoms with Crippen molar-refractivity contribution in [2.24, 2.45) is 0 Å². The van der Waals surface area contributed by atoms with E-state index in [1.54, 1.807) is 25.1 Å². The highest BCUT2D eigenvalue weighted by atomic mass is 32.2. The van der Waals surface area contributed by atoms with Crippen LogP contribution in [-0.4, -0.2) is 43.6 Å². The molecule has 1 aromatic carbocycles. The summed E-state index contributed by atoms with van der Waals surface area (Å²) in [5.74, 6) is 0.0780. The molecule has 102 valence electrons. The number of hydrogen-bond acceptors (Lipinski definition) is 5. The van der Waals surface area contributed by atoms with Gasteiger partial charge in [-0.1, -0.05) is 19.1 Å². The molecule has 0 aliphatic heterocycles. The molecular formula is C12H19NO4S. The molecule has 18 heavy (non-hydrogen) atoms. The first-order chi connectivity index (χ1) is 8.55. The summed E-state index contributed by atoms with van der Waals surface area (Å²) >= 11 is 0. The lowest BCUT2D eigenvalue weighted by molar-refractivity contribution is 0.203. The fourth-order valence-electron chi connectivity index (χ4n) is 1.60. The zero-order valence-corrected chi connectivity index (χ0v) is 11.2. The van der Waals surface area contributed by atoms with Crippen LogP contribution in [0.2, 0.25) is 0 Å². The monoisotopic (exact) mass is 273 g/mol. The molecule has 0 aliphatic rings. The van der Waals surface area contributed by atoms with Crippen LogP contribution in [0.25, 0.3) is 0 Å². The summed E-state index contributed by atoms with van der Waals surface area (Å²) in [6.45, 7) is 1.27. The highest BCUT2D eigenvalue weighted by Gasteiger charge is 2.18. The van der Waals surface area contributed by atoms with Crippen molar-refractivity contribution in [2.45, 2.75) is 24.3 Å². The van der Waals surface area contributed by atoms with Gasteiger partial charge in [-0.15, -0.1) is 0 Å². The molecule has 0 bridgehead atoms. The Morgan fingerprint density at radius 1 is 1.22 bits per heavy atom. The van der Waals surface area contributed by atoms with Crippen molar-refractivity contribution in [1.29, 1.82) is 0 Å². The molecule has 0 amide bonds. The normalized spacial score (nSPS) is 11.8. The number of aliphatic hydroxyl groups excluding tert-OH is 2. The summed E-state index contributed by atoms with van der Waals surface area (Å²) in [6, 6.07) is 5.95. The number of para-hydroxylation sites is 1. The van der Waals surface area contributed by atoms with Crippen molar-refractivity contribution in [3.8, 4) is 0 Å². The zero-order chi connectivity index (χ0) is 13.6. The number of sulfone groups is 1. The largest absolute Gasteiger partial charge is 0.394 e. The molecule has 5 nitrogen and oxygen atoms in total. The molecule has 6 heteroatoms. The van der Waals surface area contributed by atoms with Crippen molar-refractivity contribution < 1.29 is 18.6 Å². The maximum Gasteiger partial charge on any atom is 0.180 e. The van der Waals surface area contributed by atoms with Crippen LogP contribution in [0.3, 0.4) is 0 Å². The lowest BCUT2D eigenvalue weighted by Crippen LogP contribution is -2.28. The fourth-order valence-corrected chi connectivity index (χ4v) is 3.11. The van der Waals surface area contributed by atoms with Gasteiger partial charge >= 0.3 is 0 Å². The molecule has 0 radical (unpaired) electrons. The summed E-state index contributed by atoms with van der Waals surface area (Å²) in [6.07, 6.45) is 0.542. The second kappa shape index (κ2) is 6.72. The van der Waals surface area contributed by atoms with Crippen molar-refractivity contribution in [3.63, 3.8) is 0 Å².